The number of benzene rings is 1. The fourth-order valence-electron chi connectivity index (χ4n) is 2.15. The van der Waals surface area contributed by atoms with Gasteiger partial charge in [0.05, 0.1) is 0 Å². The summed E-state index contributed by atoms with van der Waals surface area (Å²) < 4.78 is 0. The summed E-state index contributed by atoms with van der Waals surface area (Å²) in [5.41, 5.74) is 1.28. The lowest BCUT2D eigenvalue weighted by atomic mass is 9.91. The highest BCUT2D eigenvalue weighted by molar-refractivity contribution is 5.80. The molecule has 0 saturated carbocycles. The van der Waals surface area contributed by atoms with Crippen LogP contribution in [-0.2, 0) is 4.79 Å². The van der Waals surface area contributed by atoms with Crippen LogP contribution in [0.25, 0.3) is 0 Å². The number of hydrogen-bond acceptors (Lipinski definition) is 1. The molecule has 1 heterocycles. The van der Waals surface area contributed by atoms with Crippen molar-refractivity contribution in [1.29, 1.82) is 0 Å². The van der Waals surface area contributed by atoms with E-state index in [2.05, 4.69) is 24.4 Å². The monoisotopic (exact) mass is 189 g/mol. The van der Waals surface area contributed by atoms with E-state index < -0.39 is 0 Å². The van der Waals surface area contributed by atoms with Gasteiger partial charge in [-0.1, -0.05) is 37.3 Å². The standard InChI is InChI=1S/C12H15NO/c1-2-11-10(8-12(14)13-11)9-6-4-3-5-7-9/h3-7,10-11H,2,8H2,1H3,(H,13,14)/t10-,11-/m0/s1. The topological polar surface area (TPSA) is 29.1 Å². The van der Waals surface area contributed by atoms with Crippen molar-refractivity contribution in [1.82, 2.24) is 5.32 Å². The highest BCUT2D eigenvalue weighted by Gasteiger charge is 2.31. The van der Waals surface area contributed by atoms with Crippen LogP contribution < -0.4 is 5.32 Å². The van der Waals surface area contributed by atoms with E-state index in [1.807, 2.05) is 18.2 Å². The minimum absolute atomic E-state index is 0.186. The van der Waals surface area contributed by atoms with Crippen LogP contribution in [0.5, 0.6) is 0 Å². The lowest BCUT2D eigenvalue weighted by Gasteiger charge is -2.16. The third kappa shape index (κ3) is 1.65. The molecule has 1 saturated heterocycles. The average Bonchev–Trinajstić information content (AvgIpc) is 2.61. The molecule has 74 valence electrons. The van der Waals surface area contributed by atoms with Gasteiger partial charge < -0.3 is 5.32 Å². The molecule has 1 aliphatic heterocycles. The van der Waals surface area contributed by atoms with Crippen molar-refractivity contribution in [3.63, 3.8) is 0 Å². The van der Waals surface area contributed by atoms with E-state index in [0.29, 0.717) is 18.4 Å². The van der Waals surface area contributed by atoms with Gasteiger partial charge in [-0.3, -0.25) is 4.79 Å². The zero-order chi connectivity index (χ0) is 9.97. The Kier molecular flexibility index (Phi) is 2.53. The first-order valence-electron chi connectivity index (χ1n) is 5.15. The summed E-state index contributed by atoms with van der Waals surface area (Å²) in [6.07, 6.45) is 1.65. The maximum absolute atomic E-state index is 11.3. The number of carbonyl (C=O) groups is 1. The Morgan fingerprint density at radius 2 is 2.07 bits per heavy atom. The summed E-state index contributed by atoms with van der Waals surface area (Å²) in [6, 6.07) is 10.6. The maximum atomic E-state index is 11.3. The minimum Gasteiger partial charge on any atom is -0.353 e. The first-order valence-corrected chi connectivity index (χ1v) is 5.15. The second-order valence-corrected chi connectivity index (χ2v) is 3.80. The van der Waals surface area contributed by atoms with E-state index >= 15 is 0 Å². The van der Waals surface area contributed by atoms with Crippen molar-refractivity contribution >= 4 is 5.91 Å². The summed E-state index contributed by atoms with van der Waals surface area (Å²) in [7, 11) is 0. The molecule has 0 aromatic heterocycles. The summed E-state index contributed by atoms with van der Waals surface area (Å²) >= 11 is 0. The van der Waals surface area contributed by atoms with Crippen LogP contribution in [0.2, 0.25) is 0 Å². The van der Waals surface area contributed by atoms with Gasteiger partial charge >= 0.3 is 0 Å². The molecule has 0 spiro atoms. The molecule has 1 fully saturated rings. The molecule has 14 heavy (non-hydrogen) atoms. The molecular formula is C12H15NO. The molecule has 1 aromatic rings. The molecular weight excluding hydrogens is 174 g/mol. The van der Waals surface area contributed by atoms with Gasteiger partial charge in [0.25, 0.3) is 0 Å². The Hall–Kier alpha value is -1.31. The Morgan fingerprint density at radius 1 is 1.36 bits per heavy atom. The Bertz CT molecular complexity index is 320. The van der Waals surface area contributed by atoms with Crippen LogP contribution in [0, 0.1) is 0 Å². The van der Waals surface area contributed by atoms with Gasteiger partial charge in [-0.2, -0.15) is 0 Å². The lowest BCUT2D eigenvalue weighted by Crippen LogP contribution is -2.27. The fourth-order valence-corrected chi connectivity index (χ4v) is 2.15. The highest BCUT2D eigenvalue weighted by Crippen LogP contribution is 2.29. The highest BCUT2D eigenvalue weighted by atomic mass is 16.1. The van der Waals surface area contributed by atoms with Crippen molar-refractivity contribution in [2.45, 2.75) is 31.7 Å². The third-order valence-corrected chi connectivity index (χ3v) is 2.90. The van der Waals surface area contributed by atoms with Crippen LogP contribution in [0.4, 0.5) is 0 Å². The second-order valence-electron chi connectivity index (χ2n) is 3.80. The van der Waals surface area contributed by atoms with Gasteiger partial charge in [0.2, 0.25) is 5.91 Å². The predicted molar refractivity (Wildman–Crippen MR) is 56.0 cm³/mol. The molecule has 0 bridgehead atoms. The van der Waals surface area contributed by atoms with E-state index in [9.17, 15) is 4.79 Å². The van der Waals surface area contributed by atoms with Crippen LogP contribution in [0.15, 0.2) is 30.3 Å². The number of amides is 1. The Balaban J connectivity index is 2.22. The van der Waals surface area contributed by atoms with E-state index in [-0.39, 0.29) is 5.91 Å². The third-order valence-electron chi connectivity index (χ3n) is 2.90. The maximum Gasteiger partial charge on any atom is 0.220 e. The number of nitrogens with one attached hydrogen (secondary N) is 1. The minimum atomic E-state index is 0.186. The van der Waals surface area contributed by atoms with Gasteiger partial charge in [0.15, 0.2) is 0 Å². The van der Waals surface area contributed by atoms with Gasteiger partial charge in [0.1, 0.15) is 0 Å². The lowest BCUT2D eigenvalue weighted by molar-refractivity contribution is -0.119. The van der Waals surface area contributed by atoms with Gasteiger partial charge in [-0.25, -0.2) is 0 Å². The van der Waals surface area contributed by atoms with Crippen LogP contribution >= 0.6 is 0 Å². The molecule has 1 N–H and O–H groups in total. The molecule has 1 amide bonds. The first-order chi connectivity index (χ1) is 6.81. The molecule has 0 radical (unpaired) electrons. The van der Waals surface area contributed by atoms with Gasteiger partial charge in [-0.15, -0.1) is 0 Å². The van der Waals surface area contributed by atoms with Crippen LogP contribution in [0.3, 0.4) is 0 Å². The molecule has 2 rings (SSSR count). The van der Waals surface area contributed by atoms with E-state index in [1.165, 1.54) is 5.56 Å². The molecule has 1 aliphatic rings. The van der Waals surface area contributed by atoms with Gasteiger partial charge in [0, 0.05) is 18.4 Å². The quantitative estimate of drug-likeness (QED) is 0.758. The molecule has 0 unspecified atom stereocenters. The average molecular weight is 189 g/mol. The molecule has 1 aromatic carbocycles. The van der Waals surface area contributed by atoms with Crippen molar-refractivity contribution in [3.8, 4) is 0 Å². The molecule has 2 atom stereocenters. The summed E-state index contributed by atoms with van der Waals surface area (Å²) in [5, 5.41) is 3.01. The van der Waals surface area contributed by atoms with Crippen molar-refractivity contribution < 1.29 is 4.79 Å². The zero-order valence-electron chi connectivity index (χ0n) is 8.36. The number of rotatable bonds is 2. The van der Waals surface area contributed by atoms with Crippen LogP contribution in [0.1, 0.15) is 31.2 Å². The zero-order valence-corrected chi connectivity index (χ0v) is 8.36. The smallest absolute Gasteiger partial charge is 0.220 e. The van der Waals surface area contributed by atoms with Crippen molar-refractivity contribution in [2.24, 2.45) is 0 Å². The van der Waals surface area contributed by atoms with E-state index in [1.54, 1.807) is 0 Å². The normalized spacial score (nSPS) is 26.2. The fraction of sp³-hybridized carbons (Fsp3) is 0.417. The second kappa shape index (κ2) is 3.82. The predicted octanol–water partition coefficient (Wildman–Crippen LogP) is 2.07. The SMILES string of the molecule is CC[C@@H]1NC(=O)C[C@H]1c1ccccc1. The van der Waals surface area contributed by atoms with Crippen LogP contribution in [-0.4, -0.2) is 11.9 Å². The summed E-state index contributed by atoms with van der Waals surface area (Å²) in [5.74, 6) is 0.555. The molecule has 0 aliphatic carbocycles. The Morgan fingerprint density at radius 3 is 2.71 bits per heavy atom. The summed E-state index contributed by atoms with van der Waals surface area (Å²) in [4.78, 5) is 11.3. The van der Waals surface area contributed by atoms with Crippen molar-refractivity contribution in [2.75, 3.05) is 0 Å². The first kappa shape index (κ1) is 9.25. The Labute approximate surface area is 84.3 Å². The van der Waals surface area contributed by atoms with E-state index in [0.717, 1.165) is 6.42 Å². The van der Waals surface area contributed by atoms with Crippen molar-refractivity contribution in [3.05, 3.63) is 35.9 Å². The number of hydrogen-bond donors (Lipinski definition) is 1. The molecule has 2 nitrogen and oxygen atoms in total. The van der Waals surface area contributed by atoms with Gasteiger partial charge in [-0.05, 0) is 12.0 Å². The molecule has 2 heteroatoms. The van der Waals surface area contributed by atoms with E-state index in [4.69, 9.17) is 0 Å². The summed E-state index contributed by atoms with van der Waals surface area (Å²) in [6.45, 7) is 2.12. The number of carbonyl (C=O) groups excluding carboxylic acids is 1. The largest absolute Gasteiger partial charge is 0.353 e.